The zero-order chi connectivity index (χ0) is 16.4. The van der Waals surface area contributed by atoms with Crippen molar-refractivity contribution in [2.75, 3.05) is 0 Å². The molecule has 7 heteroatoms. The number of carbonyl (C=O) groups excluding carboxylic acids is 1. The Balaban J connectivity index is 1.88. The Labute approximate surface area is 129 Å². The number of aromatic amines is 1. The van der Waals surface area contributed by atoms with Crippen molar-refractivity contribution in [3.8, 4) is 0 Å². The van der Waals surface area contributed by atoms with Gasteiger partial charge in [-0.15, -0.1) is 0 Å². The minimum atomic E-state index is -1.16. The Morgan fingerprint density at radius 3 is 2.57 bits per heavy atom. The smallest absolute Gasteiger partial charge is 0.417 e. The molecule has 1 aromatic heterocycles. The maximum Gasteiger partial charge on any atom is 0.417 e. The normalized spacial score (nSPS) is 12.0. The van der Waals surface area contributed by atoms with Gasteiger partial charge < -0.3 is 14.8 Å². The van der Waals surface area contributed by atoms with Crippen molar-refractivity contribution in [2.45, 2.75) is 6.04 Å². The summed E-state index contributed by atoms with van der Waals surface area (Å²) in [5.74, 6) is -2.35. The third-order valence-corrected chi connectivity index (χ3v) is 3.34. The number of aromatic nitrogens is 1. The first-order valence-corrected chi connectivity index (χ1v) is 6.76. The van der Waals surface area contributed by atoms with Gasteiger partial charge in [-0.3, -0.25) is 9.78 Å². The topological polar surface area (TPSA) is 112 Å². The molecule has 0 spiro atoms. The molecular weight excluding hydrogens is 300 g/mol. The molecule has 0 unspecified atom stereocenters. The van der Waals surface area contributed by atoms with E-state index in [4.69, 9.17) is 4.42 Å². The van der Waals surface area contributed by atoms with Gasteiger partial charge in [0, 0.05) is 5.56 Å². The fourth-order valence-electron chi connectivity index (χ4n) is 2.24. The van der Waals surface area contributed by atoms with E-state index >= 15 is 0 Å². The molecule has 0 bridgehead atoms. The van der Waals surface area contributed by atoms with Gasteiger partial charge >= 0.3 is 11.7 Å². The number of fused-ring (bicyclic) bond motifs is 1. The van der Waals surface area contributed by atoms with Crippen molar-refractivity contribution in [1.29, 1.82) is 0 Å². The van der Waals surface area contributed by atoms with Gasteiger partial charge in [-0.25, -0.2) is 9.59 Å². The lowest BCUT2D eigenvalue weighted by Crippen LogP contribution is -2.33. The number of oxazole rings is 1. The van der Waals surface area contributed by atoms with Gasteiger partial charge in [0.05, 0.1) is 5.52 Å². The molecule has 116 valence electrons. The monoisotopic (exact) mass is 312 g/mol. The van der Waals surface area contributed by atoms with Gasteiger partial charge in [0.25, 0.3) is 5.91 Å². The van der Waals surface area contributed by atoms with E-state index in [1.165, 1.54) is 18.2 Å². The van der Waals surface area contributed by atoms with Crippen LogP contribution >= 0.6 is 0 Å². The van der Waals surface area contributed by atoms with Crippen molar-refractivity contribution >= 4 is 23.0 Å². The van der Waals surface area contributed by atoms with E-state index in [2.05, 4.69) is 10.3 Å². The molecule has 3 rings (SSSR count). The lowest BCUT2D eigenvalue weighted by molar-refractivity contribution is -0.139. The summed E-state index contributed by atoms with van der Waals surface area (Å²) < 4.78 is 4.85. The standard InChI is InChI=1S/C16H12N2O5/c19-14(10-6-7-12-11(8-10)17-16(22)23-12)18-13(15(20)21)9-4-2-1-3-5-9/h1-8,13H,(H,17,22)(H,18,19)(H,20,21)/t13-/m0/s1. The highest BCUT2D eigenvalue weighted by Crippen LogP contribution is 2.16. The second-order valence-electron chi connectivity index (χ2n) is 4.88. The van der Waals surface area contributed by atoms with Gasteiger partial charge in [0.2, 0.25) is 0 Å². The summed E-state index contributed by atoms with van der Waals surface area (Å²) in [6.07, 6.45) is 0. The highest BCUT2D eigenvalue weighted by molar-refractivity contribution is 5.99. The van der Waals surface area contributed by atoms with Crippen LogP contribution in [-0.4, -0.2) is 22.0 Å². The fraction of sp³-hybridized carbons (Fsp3) is 0.0625. The van der Waals surface area contributed by atoms with Gasteiger partial charge in [-0.2, -0.15) is 0 Å². The summed E-state index contributed by atoms with van der Waals surface area (Å²) in [4.78, 5) is 37.3. The average molecular weight is 312 g/mol. The number of amides is 1. The van der Waals surface area contributed by atoms with Crippen LogP contribution in [0.5, 0.6) is 0 Å². The third-order valence-electron chi connectivity index (χ3n) is 3.34. The second kappa shape index (κ2) is 5.80. The van der Waals surface area contributed by atoms with Crippen LogP contribution in [0.25, 0.3) is 11.1 Å². The number of benzene rings is 2. The molecule has 23 heavy (non-hydrogen) atoms. The van der Waals surface area contributed by atoms with Gasteiger partial charge in [-0.1, -0.05) is 30.3 Å². The minimum absolute atomic E-state index is 0.219. The largest absolute Gasteiger partial charge is 0.479 e. The quantitative estimate of drug-likeness (QED) is 0.678. The Hall–Kier alpha value is -3.35. The summed E-state index contributed by atoms with van der Waals surface area (Å²) in [5.41, 5.74) is 1.38. The number of carboxylic acid groups (broad SMARTS) is 1. The minimum Gasteiger partial charge on any atom is -0.479 e. The van der Waals surface area contributed by atoms with Crippen LogP contribution in [0.2, 0.25) is 0 Å². The van der Waals surface area contributed by atoms with Gasteiger partial charge in [0.1, 0.15) is 0 Å². The lowest BCUT2D eigenvalue weighted by atomic mass is 10.1. The van der Waals surface area contributed by atoms with Crippen molar-refractivity contribution < 1.29 is 19.1 Å². The predicted molar refractivity (Wildman–Crippen MR) is 81.1 cm³/mol. The van der Waals surface area contributed by atoms with E-state index < -0.39 is 23.7 Å². The molecule has 0 aliphatic heterocycles. The Morgan fingerprint density at radius 2 is 1.87 bits per heavy atom. The first kappa shape index (κ1) is 14.6. The molecular formula is C16H12N2O5. The number of aliphatic carboxylic acids is 1. The molecule has 1 heterocycles. The van der Waals surface area contributed by atoms with Crippen LogP contribution in [0.4, 0.5) is 0 Å². The van der Waals surface area contributed by atoms with Crippen LogP contribution in [-0.2, 0) is 4.79 Å². The molecule has 3 N–H and O–H groups in total. The predicted octanol–water partition coefficient (Wildman–Crippen LogP) is 1.68. The number of hydrogen-bond donors (Lipinski definition) is 3. The van der Waals surface area contributed by atoms with Gasteiger partial charge in [-0.05, 0) is 23.8 Å². The summed E-state index contributed by atoms with van der Waals surface area (Å²) in [6.45, 7) is 0. The molecule has 0 saturated carbocycles. The average Bonchev–Trinajstić information content (AvgIpc) is 2.92. The highest BCUT2D eigenvalue weighted by Gasteiger charge is 2.22. The summed E-state index contributed by atoms with van der Waals surface area (Å²) in [5, 5.41) is 11.8. The molecule has 0 fully saturated rings. The third kappa shape index (κ3) is 2.98. The molecule has 7 nitrogen and oxygen atoms in total. The van der Waals surface area contributed by atoms with E-state index in [1.54, 1.807) is 30.3 Å². The molecule has 1 atom stereocenters. The number of carbonyl (C=O) groups is 2. The molecule has 0 radical (unpaired) electrons. The van der Waals surface area contributed by atoms with E-state index in [0.29, 0.717) is 16.7 Å². The number of nitrogens with one attached hydrogen (secondary N) is 2. The van der Waals surface area contributed by atoms with Crippen LogP contribution in [0.15, 0.2) is 57.7 Å². The Kier molecular flexibility index (Phi) is 3.68. The molecule has 2 aromatic carbocycles. The van der Waals surface area contributed by atoms with Crippen LogP contribution in [0, 0.1) is 0 Å². The SMILES string of the molecule is O=C(N[C@H](C(=O)O)c1ccccc1)c1ccc2oc(=O)[nH]c2c1. The van der Waals surface area contributed by atoms with Crippen LogP contribution in [0.3, 0.4) is 0 Å². The number of hydrogen-bond acceptors (Lipinski definition) is 4. The molecule has 0 saturated heterocycles. The molecule has 1 amide bonds. The van der Waals surface area contributed by atoms with E-state index in [0.717, 1.165) is 0 Å². The van der Waals surface area contributed by atoms with E-state index in [1.807, 2.05) is 0 Å². The van der Waals surface area contributed by atoms with Crippen molar-refractivity contribution in [3.63, 3.8) is 0 Å². The first-order valence-electron chi connectivity index (χ1n) is 6.76. The molecule has 3 aromatic rings. The van der Waals surface area contributed by atoms with Gasteiger partial charge in [0.15, 0.2) is 11.6 Å². The first-order chi connectivity index (χ1) is 11.0. The zero-order valence-corrected chi connectivity index (χ0v) is 11.8. The van der Waals surface area contributed by atoms with Crippen molar-refractivity contribution in [3.05, 3.63) is 70.2 Å². The molecule has 0 aliphatic rings. The van der Waals surface area contributed by atoms with Crippen LogP contribution in [0.1, 0.15) is 22.0 Å². The van der Waals surface area contributed by atoms with E-state index in [-0.39, 0.29) is 5.56 Å². The van der Waals surface area contributed by atoms with E-state index in [9.17, 15) is 19.5 Å². The van der Waals surface area contributed by atoms with Crippen molar-refractivity contribution in [2.24, 2.45) is 0 Å². The second-order valence-corrected chi connectivity index (χ2v) is 4.88. The Morgan fingerprint density at radius 1 is 1.13 bits per heavy atom. The van der Waals surface area contributed by atoms with Crippen LogP contribution < -0.4 is 11.1 Å². The summed E-state index contributed by atoms with van der Waals surface area (Å²) >= 11 is 0. The summed E-state index contributed by atoms with van der Waals surface area (Å²) in [6, 6.07) is 11.6. The maximum absolute atomic E-state index is 12.3. The number of H-pyrrole nitrogens is 1. The lowest BCUT2D eigenvalue weighted by Gasteiger charge is -2.14. The summed E-state index contributed by atoms with van der Waals surface area (Å²) in [7, 11) is 0. The zero-order valence-electron chi connectivity index (χ0n) is 11.8. The fourth-order valence-corrected chi connectivity index (χ4v) is 2.24. The number of carboxylic acids is 1. The van der Waals surface area contributed by atoms with Crippen molar-refractivity contribution in [1.82, 2.24) is 10.3 Å². The highest BCUT2D eigenvalue weighted by atomic mass is 16.4. The Bertz CT molecular complexity index is 926. The number of rotatable bonds is 4. The molecule has 0 aliphatic carbocycles. The maximum atomic E-state index is 12.3.